The third kappa shape index (κ3) is 8.50. The lowest BCUT2D eigenvalue weighted by Crippen LogP contribution is -2.57. The lowest BCUT2D eigenvalue weighted by Gasteiger charge is -2.46. The number of hydrogen-bond acceptors (Lipinski definition) is 8. The average Bonchev–Trinajstić information content (AvgIpc) is 2.99. The molecule has 10 atom stereocenters. The molecule has 1 N–H and O–H groups in total. The third-order valence-electron chi connectivity index (χ3n) is 8.22. The SMILES string of the molecule is CC1[C@H](OCCN=[N+]=[N-])OC(CO[C@@H]2O[C@@H](C)[C@@H](C)C(OCc3ccccc3)C2OCc2ccccc2)[C@@H](O)[C@@H]1C. The standard InChI is InChI=1S/C31H43N3O7/c1-20-21(2)30(36-16-15-33-34-32)41-26(27(20)35)19-39-31-29(38-18-25-13-9-6-10-14-25)28(22(3)23(4)40-31)37-17-24-11-7-5-8-12-24/h5-14,20-23,26-31,35H,15-19H2,1-4H3/t20-,21?,22-,23+,26?,27+,28?,29?,30-,31-/m1/s1. The van der Waals surface area contributed by atoms with Crippen molar-refractivity contribution in [2.45, 2.75) is 84.0 Å². The number of aliphatic hydroxyl groups is 1. The van der Waals surface area contributed by atoms with Crippen molar-refractivity contribution in [3.63, 3.8) is 0 Å². The van der Waals surface area contributed by atoms with Crippen LogP contribution < -0.4 is 0 Å². The fraction of sp³-hybridized carbons (Fsp3) is 0.613. The molecule has 2 aromatic carbocycles. The van der Waals surface area contributed by atoms with Crippen molar-refractivity contribution < 1.29 is 33.5 Å². The monoisotopic (exact) mass is 569 g/mol. The van der Waals surface area contributed by atoms with Crippen LogP contribution in [0.1, 0.15) is 38.8 Å². The number of benzene rings is 2. The molecule has 2 fully saturated rings. The van der Waals surface area contributed by atoms with Gasteiger partial charge < -0.3 is 33.5 Å². The fourth-order valence-electron chi connectivity index (χ4n) is 5.27. The van der Waals surface area contributed by atoms with E-state index < -0.39 is 30.9 Å². The van der Waals surface area contributed by atoms with Crippen LogP contribution in [0, 0.1) is 17.8 Å². The van der Waals surface area contributed by atoms with Gasteiger partial charge >= 0.3 is 0 Å². The van der Waals surface area contributed by atoms with E-state index in [1.54, 1.807) is 0 Å². The molecule has 0 bridgehead atoms. The van der Waals surface area contributed by atoms with E-state index in [1.165, 1.54) is 0 Å². The molecule has 2 aliphatic rings. The molecule has 41 heavy (non-hydrogen) atoms. The van der Waals surface area contributed by atoms with Crippen molar-refractivity contribution in [3.8, 4) is 0 Å². The van der Waals surface area contributed by atoms with Gasteiger partial charge in [0.25, 0.3) is 0 Å². The highest BCUT2D eigenvalue weighted by Gasteiger charge is 2.46. The Morgan fingerprint density at radius 2 is 1.37 bits per heavy atom. The van der Waals surface area contributed by atoms with Crippen LogP contribution in [0.5, 0.6) is 0 Å². The Balaban J connectivity index is 1.46. The molecule has 2 aromatic rings. The van der Waals surface area contributed by atoms with E-state index in [0.717, 1.165) is 11.1 Å². The van der Waals surface area contributed by atoms with Crippen LogP contribution in [0.4, 0.5) is 0 Å². The zero-order valence-corrected chi connectivity index (χ0v) is 24.3. The molecule has 0 aliphatic carbocycles. The lowest BCUT2D eigenvalue weighted by atomic mass is 9.85. The van der Waals surface area contributed by atoms with Crippen LogP contribution in [-0.2, 0) is 41.6 Å². The van der Waals surface area contributed by atoms with Gasteiger partial charge in [-0.25, -0.2) is 0 Å². The zero-order valence-electron chi connectivity index (χ0n) is 24.3. The summed E-state index contributed by atoms with van der Waals surface area (Å²) in [6, 6.07) is 20.0. The van der Waals surface area contributed by atoms with E-state index in [9.17, 15) is 5.11 Å². The molecular weight excluding hydrogens is 526 g/mol. The number of hydrogen-bond donors (Lipinski definition) is 1. The van der Waals surface area contributed by atoms with Crippen LogP contribution in [0.2, 0.25) is 0 Å². The first-order valence-electron chi connectivity index (χ1n) is 14.4. The minimum Gasteiger partial charge on any atom is -0.390 e. The minimum atomic E-state index is -0.754. The van der Waals surface area contributed by atoms with E-state index in [0.29, 0.717) is 13.2 Å². The molecule has 4 rings (SSSR count). The summed E-state index contributed by atoms with van der Waals surface area (Å²) in [5.41, 5.74) is 10.6. The molecule has 10 nitrogen and oxygen atoms in total. The van der Waals surface area contributed by atoms with Gasteiger partial charge in [-0.05, 0) is 29.5 Å². The zero-order chi connectivity index (χ0) is 29.2. The smallest absolute Gasteiger partial charge is 0.186 e. The Hall–Kier alpha value is -2.53. The van der Waals surface area contributed by atoms with Gasteiger partial charge in [-0.1, -0.05) is 86.5 Å². The second kappa shape index (κ2) is 15.6. The summed E-state index contributed by atoms with van der Waals surface area (Å²) in [6.45, 7) is 9.38. The Morgan fingerprint density at radius 3 is 1.98 bits per heavy atom. The molecule has 2 saturated heterocycles. The van der Waals surface area contributed by atoms with Crippen molar-refractivity contribution in [1.29, 1.82) is 0 Å². The summed E-state index contributed by atoms with van der Waals surface area (Å²) in [6.07, 6.45) is -3.64. The summed E-state index contributed by atoms with van der Waals surface area (Å²) < 4.78 is 37.6. The van der Waals surface area contributed by atoms with Crippen molar-refractivity contribution >= 4 is 0 Å². The highest BCUT2D eigenvalue weighted by atomic mass is 16.7. The van der Waals surface area contributed by atoms with Crippen LogP contribution in [0.15, 0.2) is 65.8 Å². The van der Waals surface area contributed by atoms with E-state index in [1.807, 2.05) is 81.4 Å². The number of nitrogens with zero attached hydrogens (tertiary/aromatic N) is 3. The van der Waals surface area contributed by atoms with Crippen LogP contribution in [0.25, 0.3) is 10.4 Å². The molecule has 2 aliphatic heterocycles. The summed E-state index contributed by atoms with van der Waals surface area (Å²) in [5, 5.41) is 14.5. The molecular formula is C31H43N3O7. The highest BCUT2D eigenvalue weighted by molar-refractivity contribution is 5.14. The first-order valence-corrected chi connectivity index (χ1v) is 14.4. The van der Waals surface area contributed by atoms with Gasteiger partial charge in [0, 0.05) is 23.3 Å². The second-order valence-electron chi connectivity index (χ2n) is 11.0. The molecule has 4 unspecified atom stereocenters. The molecule has 0 spiro atoms. The largest absolute Gasteiger partial charge is 0.390 e. The predicted molar refractivity (Wildman–Crippen MR) is 152 cm³/mol. The topological polar surface area (TPSA) is 124 Å². The summed E-state index contributed by atoms with van der Waals surface area (Å²) in [7, 11) is 0. The van der Waals surface area contributed by atoms with Crippen molar-refractivity contribution in [2.24, 2.45) is 22.9 Å². The van der Waals surface area contributed by atoms with Gasteiger partial charge in [-0.2, -0.15) is 0 Å². The maximum Gasteiger partial charge on any atom is 0.186 e. The van der Waals surface area contributed by atoms with Gasteiger partial charge in [0.05, 0.1) is 44.7 Å². The third-order valence-corrected chi connectivity index (χ3v) is 8.22. The quantitative estimate of drug-likeness (QED) is 0.151. The lowest BCUT2D eigenvalue weighted by molar-refractivity contribution is -0.321. The highest BCUT2D eigenvalue weighted by Crippen LogP contribution is 2.35. The first kappa shape index (κ1) is 31.4. The maximum absolute atomic E-state index is 11.0. The second-order valence-corrected chi connectivity index (χ2v) is 11.0. The minimum absolute atomic E-state index is 0.0468. The average molecular weight is 570 g/mol. The molecule has 2 heterocycles. The molecule has 0 radical (unpaired) electrons. The summed E-state index contributed by atoms with van der Waals surface area (Å²) in [5.74, 6) is -0.109. The number of rotatable bonds is 13. The predicted octanol–water partition coefficient (Wildman–Crippen LogP) is 5.24. The number of aliphatic hydroxyl groups excluding tert-OH is 1. The molecule has 0 aromatic heterocycles. The van der Waals surface area contributed by atoms with Gasteiger partial charge in [0.1, 0.15) is 12.2 Å². The number of ether oxygens (including phenoxy) is 6. The van der Waals surface area contributed by atoms with Gasteiger partial charge in [0.15, 0.2) is 12.6 Å². The van der Waals surface area contributed by atoms with Gasteiger partial charge in [-0.15, -0.1) is 0 Å². The Bertz CT molecular complexity index is 1090. The molecule has 224 valence electrons. The molecule has 0 saturated carbocycles. The van der Waals surface area contributed by atoms with E-state index in [4.69, 9.17) is 34.0 Å². The summed E-state index contributed by atoms with van der Waals surface area (Å²) in [4.78, 5) is 2.76. The van der Waals surface area contributed by atoms with Crippen molar-refractivity contribution in [1.82, 2.24) is 0 Å². The first-order chi connectivity index (χ1) is 19.9. The maximum atomic E-state index is 11.0. The van der Waals surface area contributed by atoms with Gasteiger partial charge in [0.2, 0.25) is 0 Å². The fourth-order valence-corrected chi connectivity index (χ4v) is 5.27. The Kier molecular flexibility index (Phi) is 12.0. The van der Waals surface area contributed by atoms with E-state index >= 15 is 0 Å². The Labute approximate surface area is 242 Å². The van der Waals surface area contributed by atoms with Crippen LogP contribution in [-0.4, -0.2) is 68.0 Å². The summed E-state index contributed by atoms with van der Waals surface area (Å²) >= 11 is 0. The normalized spacial score (nSPS) is 33.7. The van der Waals surface area contributed by atoms with Crippen LogP contribution in [0.3, 0.4) is 0 Å². The van der Waals surface area contributed by atoms with E-state index in [-0.39, 0.29) is 49.7 Å². The number of azide groups is 1. The van der Waals surface area contributed by atoms with Crippen molar-refractivity contribution in [3.05, 3.63) is 82.2 Å². The Morgan fingerprint density at radius 1 is 0.756 bits per heavy atom. The molecule has 0 amide bonds. The van der Waals surface area contributed by atoms with Crippen molar-refractivity contribution in [2.75, 3.05) is 19.8 Å². The molecule has 10 heteroatoms. The van der Waals surface area contributed by atoms with Crippen LogP contribution >= 0.6 is 0 Å². The van der Waals surface area contributed by atoms with Gasteiger partial charge in [-0.3, -0.25) is 0 Å². The van der Waals surface area contributed by atoms with E-state index in [2.05, 4.69) is 16.9 Å².